The molecule has 0 saturated carbocycles. The zero-order valence-corrected chi connectivity index (χ0v) is 17.4. The summed E-state index contributed by atoms with van der Waals surface area (Å²) < 4.78 is 16.9. The molecule has 8 heteroatoms. The van der Waals surface area contributed by atoms with Gasteiger partial charge in [0.05, 0.1) is 0 Å². The highest BCUT2D eigenvalue weighted by Crippen LogP contribution is 2.22. The van der Waals surface area contributed by atoms with E-state index in [1.165, 1.54) is 0 Å². The first-order valence-electron chi connectivity index (χ1n) is 8.84. The van der Waals surface area contributed by atoms with E-state index in [-0.39, 0.29) is 5.82 Å². The number of anilines is 1. The average Bonchev–Trinajstić information content (AvgIpc) is 3.12. The molecular formula is C21H19BrN2O5. The molecule has 2 aromatic carbocycles. The summed E-state index contributed by atoms with van der Waals surface area (Å²) in [7, 11) is 0. The van der Waals surface area contributed by atoms with Crippen molar-refractivity contribution in [1.82, 2.24) is 5.16 Å². The maximum atomic E-state index is 12.8. The van der Waals surface area contributed by atoms with Crippen molar-refractivity contribution < 1.29 is 23.6 Å². The van der Waals surface area contributed by atoms with Gasteiger partial charge in [-0.15, -0.1) is 0 Å². The Hall–Kier alpha value is -3.13. The van der Waals surface area contributed by atoms with Crippen LogP contribution in [0.3, 0.4) is 0 Å². The van der Waals surface area contributed by atoms with Crippen molar-refractivity contribution in [1.29, 1.82) is 0 Å². The number of hydrogen-bond donors (Lipinski definition) is 1. The smallest absolute Gasteiger partial charge is 0.348 e. The Labute approximate surface area is 176 Å². The Morgan fingerprint density at radius 1 is 1.10 bits per heavy atom. The van der Waals surface area contributed by atoms with E-state index in [2.05, 4.69) is 26.4 Å². The molecular weight excluding hydrogens is 440 g/mol. The molecule has 0 bridgehead atoms. The number of carbonyl (C=O) groups excluding carboxylic acids is 2. The lowest BCUT2D eigenvalue weighted by molar-refractivity contribution is -0.161. The molecule has 0 spiro atoms. The van der Waals surface area contributed by atoms with Crippen LogP contribution in [0, 0.1) is 6.92 Å². The number of ether oxygens (including phenoxy) is 2. The fraction of sp³-hybridized carbons (Fsp3) is 0.190. The number of amides is 1. The van der Waals surface area contributed by atoms with Gasteiger partial charge in [-0.05, 0) is 38.1 Å². The number of aryl methyl sites for hydroxylation is 1. The van der Waals surface area contributed by atoms with Gasteiger partial charge in [0.2, 0.25) is 6.10 Å². The van der Waals surface area contributed by atoms with Gasteiger partial charge in [-0.1, -0.05) is 51.4 Å². The number of benzene rings is 2. The summed E-state index contributed by atoms with van der Waals surface area (Å²) in [6, 6.07) is 17.3. The largest absolute Gasteiger partial charge is 0.479 e. The molecule has 0 fully saturated rings. The SMILES string of the molecule is Cc1cc(NC(=O)[C@@H](OC(=O)[C@@H](C)Oc2ccc(Br)cc2)c2ccccc2)no1. The molecule has 1 amide bonds. The third-order valence-electron chi connectivity index (χ3n) is 3.91. The van der Waals surface area contributed by atoms with E-state index in [1.807, 2.05) is 0 Å². The second-order valence-electron chi connectivity index (χ2n) is 6.25. The maximum absolute atomic E-state index is 12.8. The summed E-state index contributed by atoms with van der Waals surface area (Å²) in [6.07, 6.45) is -2.08. The van der Waals surface area contributed by atoms with E-state index < -0.39 is 24.1 Å². The number of rotatable bonds is 7. The molecule has 3 aromatic rings. The molecule has 1 N–H and O–H groups in total. The van der Waals surface area contributed by atoms with Crippen LogP contribution >= 0.6 is 15.9 Å². The molecule has 0 radical (unpaired) electrons. The van der Waals surface area contributed by atoms with Crippen LogP contribution in [0.5, 0.6) is 5.75 Å². The highest BCUT2D eigenvalue weighted by atomic mass is 79.9. The normalized spacial score (nSPS) is 12.7. The van der Waals surface area contributed by atoms with E-state index in [4.69, 9.17) is 14.0 Å². The average molecular weight is 459 g/mol. The highest BCUT2D eigenvalue weighted by Gasteiger charge is 2.29. The maximum Gasteiger partial charge on any atom is 0.348 e. The van der Waals surface area contributed by atoms with Gasteiger partial charge in [0.25, 0.3) is 5.91 Å². The zero-order valence-electron chi connectivity index (χ0n) is 15.8. The number of nitrogens with zero attached hydrogens (tertiary/aromatic N) is 1. The highest BCUT2D eigenvalue weighted by molar-refractivity contribution is 9.10. The summed E-state index contributed by atoms with van der Waals surface area (Å²) in [5.74, 6) is 0.0760. The van der Waals surface area contributed by atoms with Gasteiger partial charge in [0.1, 0.15) is 11.5 Å². The summed E-state index contributed by atoms with van der Waals surface area (Å²) >= 11 is 3.34. The second kappa shape index (κ2) is 9.38. The predicted molar refractivity (Wildman–Crippen MR) is 109 cm³/mol. The van der Waals surface area contributed by atoms with Gasteiger partial charge in [-0.25, -0.2) is 4.79 Å². The van der Waals surface area contributed by atoms with Crippen LogP contribution in [-0.2, 0) is 14.3 Å². The third-order valence-corrected chi connectivity index (χ3v) is 4.44. The fourth-order valence-electron chi connectivity index (χ4n) is 2.50. The third kappa shape index (κ3) is 5.68. The van der Waals surface area contributed by atoms with E-state index in [9.17, 15) is 9.59 Å². The number of aromatic nitrogens is 1. The summed E-state index contributed by atoms with van der Waals surface area (Å²) in [5, 5.41) is 6.33. The van der Waals surface area contributed by atoms with Crippen molar-refractivity contribution in [2.24, 2.45) is 0 Å². The van der Waals surface area contributed by atoms with Crippen molar-refractivity contribution in [3.63, 3.8) is 0 Å². The Kier molecular flexibility index (Phi) is 6.66. The lowest BCUT2D eigenvalue weighted by atomic mass is 10.1. The molecule has 2 atom stereocenters. The molecule has 0 aliphatic rings. The summed E-state index contributed by atoms with van der Waals surface area (Å²) in [5.41, 5.74) is 0.523. The Balaban J connectivity index is 1.72. The predicted octanol–water partition coefficient (Wildman–Crippen LogP) is 4.44. The first-order valence-corrected chi connectivity index (χ1v) is 9.63. The molecule has 0 aliphatic carbocycles. The molecule has 3 rings (SSSR count). The zero-order chi connectivity index (χ0) is 20.8. The molecule has 0 saturated heterocycles. The van der Waals surface area contributed by atoms with Crippen LogP contribution < -0.4 is 10.1 Å². The van der Waals surface area contributed by atoms with Crippen molar-refractivity contribution in [3.05, 3.63) is 76.5 Å². The van der Waals surface area contributed by atoms with Crippen LogP contribution in [0.2, 0.25) is 0 Å². The van der Waals surface area contributed by atoms with Crippen molar-refractivity contribution in [3.8, 4) is 5.75 Å². The second-order valence-corrected chi connectivity index (χ2v) is 7.17. The van der Waals surface area contributed by atoms with Gasteiger partial charge in [0.15, 0.2) is 11.9 Å². The molecule has 1 aromatic heterocycles. The van der Waals surface area contributed by atoms with Crippen LogP contribution in [0.4, 0.5) is 5.82 Å². The number of halogens is 1. The molecule has 29 heavy (non-hydrogen) atoms. The minimum Gasteiger partial charge on any atom is -0.479 e. The monoisotopic (exact) mass is 458 g/mol. The molecule has 0 unspecified atom stereocenters. The first kappa shape index (κ1) is 20.6. The van der Waals surface area contributed by atoms with Crippen molar-refractivity contribution in [2.75, 3.05) is 5.32 Å². The summed E-state index contributed by atoms with van der Waals surface area (Å²) in [6.45, 7) is 3.27. The standard InChI is InChI=1S/C21H19BrN2O5/c1-13-12-18(24-29-13)23-20(25)19(15-6-4-3-5-7-15)28-21(26)14(2)27-17-10-8-16(22)9-11-17/h3-12,14,19H,1-2H3,(H,23,24,25)/t14-,19+/m1/s1. The summed E-state index contributed by atoms with van der Waals surface area (Å²) in [4.78, 5) is 25.3. The van der Waals surface area contributed by atoms with Gasteiger partial charge >= 0.3 is 5.97 Å². The van der Waals surface area contributed by atoms with Crippen molar-refractivity contribution >= 4 is 33.6 Å². The molecule has 150 valence electrons. The minimum absolute atomic E-state index is 0.239. The number of hydrogen-bond acceptors (Lipinski definition) is 6. The fourth-order valence-corrected chi connectivity index (χ4v) is 2.76. The van der Waals surface area contributed by atoms with E-state index in [0.29, 0.717) is 17.1 Å². The quantitative estimate of drug-likeness (QED) is 0.526. The molecule has 0 aliphatic heterocycles. The van der Waals surface area contributed by atoms with Gasteiger partial charge < -0.3 is 19.3 Å². The number of esters is 1. The minimum atomic E-state index is -1.17. The van der Waals surface area contributed by atoms with Crippen LogP contribution in [0.15, 0.2) is 69.7 Å². The molecule has 7 nitrogen and oxygen atoms in total. The Bertz CT molecular complexity index is 972. The van der Waals surface area contributed by atoms with E-state index >= 15 is 0 Å². The van der Waals surface area contributed by atoms with Crippen LogP contribution in [0.1, 0.15) is 24.4 Å². The Morgan fingerprint density at radius 3 is 2.41 bits per heavy atom. The first-order chi connectivity index (χ1) is 13.9. The number of carbonyl (C=O) groups is 2. The van der Waals surface area contributed by atoms with Gasteiger partial charge in [-0.2, -0.15) is 0 Å². The topological polar surface area (TPSA) is 90.7 Å². The van der Waals surface area contributed by atoms with Gasteiger partial charge in [0, 0.05) is 16.1 Å². The van der Waals surface area contributed by atoms with Crippen molar-refractivity contribution in [2.45, 2.75) is 26.1 Å². The van der Waals surface area contributed by atoms with E-state index in [0.717, 1.165) is 4.47 Å². The molecule has 1 heterocycles. The van der Waals surface area contributed by atoms with Crippen LogP contribution in [-0.4, -0.2) is 23.1 Å². The Morgan fingerprint density at radius 2 is 1.79 bits per heavy atom. The van der Waals surface area contributed by atoms with Gasteiger partial charge in [-0.3, -0.25) is 4.79 Å². The lowest BCUT2D eigenvalue weighted by Crippen LogP contribution is -2.32. The number of nitrogens with one attached hydrogen (secondary N) is 1. The van der Waals surface area contributed by atoms with Crippen LogP contribution in [0.25, 0.3) is 0 Å². The lowest BCUT2D eigenvalue weighted by Gasteiger charge is -2.20. The van der Waals surface area contributed by atoms with E-state index in [1.54, 1.807) is 74.5 Å².